The summed E-state index contributed by atoms with van der Waals surface area (Å²) in [5.74, 6) is -0.731. The molecule has 106 valence electrons. The first-order valence-electron chi connectivity index (χ1n) is 5.98. The van der Waals surface area contributed by atoms with Gasteiger partial charge in [-0.2, -0.15) is 5.26 Å². The molecule has 0 aliphatic heterocycles. The van der Waals surface area contributed by atoms with Gasteiger partial charge < -0.3 is 14.8 Å². The van der Waals surface area contributed by atoms with E-state index in [2.05, 4.69) is 0 Å². The Labute approximate surface area is 126 Å². The summed E-state index contributed by atoms with van der Waals surface area (Å²) >= 11 is 5.99. The van der Waals surface area contributed by atoms with Crippen molar-refractivity contribution in [3.8, 4) is 11.8 Å². The molecule has 0 amide bonds. The fourth-order valence-corrected chi connectivity index (χ4v) is 1.92. The summed E-state index contributed by atoms with van der Waals surface area (Å²) < 4.78 is 18.9. The normalized spacial score (nSPS) is 10.0. The standard InChI is InChI=1S/C14H10BClFNO3/c16-12-5-9(7-18)1-2-10(12)8-21-14-6-11(15(19)20)3-4-13(14)17/h1-6,19-20H,8H2. The minimum Gasteiger partial charge on any atom is -0.486 e. The van der Waals surface area contributed by atoms with E-state index in [-0.39, 0.29) is 17.8 Å². The number of rotatable bonds is 4. The minimum absolute atomic E-state index is 0.00750. The van der Waals surface area contributed by atoms with Crippen LogP contribution in [0.4, 0.5) is 4.39 Å². The molecule has 0 bridgehead atoms. The van der Waals surface area contributed by atoms with Crippen LogP contribution in [0, 0.1) is 17.1 Å². The van der Waals surface area contributed by atoms with Crippen LogP contribution in [-0.2, 0) is 6.61 Å². The zero-order chi connectivity index (χ0) is 15.4. The maximum atomic E-state index is 13.6. The third-order valence-electron chi connectivity index (χ3n) is 2.82. The fourth-order valence-electron chi connectivity index (χ4n) is 1.68. The molecule has 0 fully saturated rings. The van der Waals surface area contributed by atoms with Crippen molar-refractivity contribution in [3.63, 3.8) is 0 Å². The van der Waals surface area contributed by atoms with Crippen LogP contribution in [0.2, 0.25) is 5.02 Å². The molecule has 0 heterocycles. The molecule has 0 atom stereocenters. The number of nitrogens with zero attached hydrogens (tertiary/aromatic N) is 1. The second-order valence-corrected chi connectivity index (χ2v) is 4.68. The molecule has 2 N–H and O–H groups in total. The van der Waals surface area contributed by atoms with Crippen molar-refractivity contribution >= 4 is 24.2 Å². The SMILES string of the molecule is N#Cc1ccc(COc2cc(B(O)O)ccc2F)c(Cl)c1. The van der Waals surface area contributed by atoms with Gasteiger partial charge in [-0.1, -0.05) is 23.7 Å². The molecule has 0 aliphatic rings. The van der Waals surface area contributed by atoms with E-state index in [0.29, 0.717) is 16.1 Å². The zero-order valence-corrected chi connectivity index (χ0v) is 11.5. The van der Waals surface area contributed by atoms with Crippen LogP contribution in [0.1, 0.15) is 11.1 Å². The highest BCUT2D eigenvalue weighted by atomic mass is 35.5. The van der Waals surface area contributed by atoms with Gasteiger partial charge in [-0.05, 0) is 29.7 Å². The first-order chi connectivity index (χ1) is 10.0. The average molecular weight is 306 g/mol. The van der Waals surface area contributed by atoms with Gasteiger partial charge in [-0.25, -0.2) is 4.39 Å². The first-order valence-corrected chi connectivity index (χ1v) is 6.36. The van der Waals surface area contributed by atoms with E-state index in [1.54, 1.807) is 12.1 Å². The van der Waals surface area contributed by atoms with Crippen LogP contribution >= 0.6 is 11.6 Å². The summed E-state index contributed by atoms with van der Waals surface area (Å²) in [5, 5.41) is 27.2. The Morgan fingerprint density at radius 3 is 2.62 bits per heavy atom. The van der Waals surface area contributed by atoms with Crippen molar-refractivity contribution in [2.75, 3.05) is 0 Å². The molecule has 0 aliphatic carbocycles. The lowest BCUT2D eigenvalue weighted by atomic mass is 9.80. The van der Waals surface area contributed by atoms with Gasteiger partial charge in [0, 0.05) is 10.6 Å². The molecule has 2 rings (SSSR count). The minimum atomic E-state index is -1.70. The van der Waals surface area contributed by atoms with E-state index >= 15 is 0 Å². The average Bonchev–Trinajstić information content (AvgIpc) is 2.47. The van der Waals surface area contributed by atoms with Crippen molar-refractivity contribution in [1.29, 1.82) is 5.26 Å². The lowest BCUT2D eigenvalue weighted by Crippen LogP contribution is -2.29. The Morgan fingerprint density at radius 2 is 2.00 bits per heavy atom. The van der Waals surface area contributed by atoms with E-state index in [1.165, 1.54) is 18.2 Å². The van der Waals surface area contributed by atoms with Crippen LogP contribution in [0.25, 0.3) is 0 Å². The number of benzene rings is 2. The van der Waals surface area contributed by atoms with E-state index in [4.69, 9.17) is 31.6 Å². The molecule has 0 radical (unpaired) electrons. The highest BCUT2D eigenvalue weighted by Gasteiger charge is 2.14. The summed E-state index contributed by atoms with van der Waals surface area (Å²) in [4.78, 5) is 0. The summed E-state index contributed by atoms with van der Waals surface area (Å²) in [6.07, 6.45) is 0. The molecule has 0 saturated heterocycles. The summed E-state index contributed by atoms with van der Waals surface area (Å²) in [6, 6.07) is 10.2. The Morgan fingerprint density at radius 1 is 1.24 bits per heavy atom. The molecule has 2 aromatic rings. The molecular formula is C14H10BClFNO3. The molecule has 4 nitrogen and oxygen atoms in total. The second-order valence-electron chi connectivity index (χ2n) is 4.27. The number of hydrogen-bond acceptors (Lipinski definition) is 4. The smallest absolute Gasteiger partial charge is 0.486 e. The summed E-state index contributed by atoms with van der Waals surface area (Å²) in [5.41, 5.74) is 1.13. The van der Waals surface area contributed by atoms with E-state index in [0.717, 1.165) is 6.07 Å². The van der Waals surface area contributed by atoms with Gasteiger partial charge in [0.2, 0.25) is 0 Å². The van der Waals surface area contributed by atoms with Gasteiger partial charge >= 0.3 is 7.12 Å². The van der Waals surface area contributed by atoms with Crippen molar-refractivity contribution in [2.24, 2.45) is 0 Å². The quantitative estimate of drug-likeness (QED) is 0.842. The topological polar surface area (TPSA) is 73.5 Å². The van der Waals surface area contributed by atoms with E-state index < -0.39 is 12.9 Å². The molecule has 0 saturated carbocycles. The van der Waals surface area contributed by atoms with E-state index in [1.807, 2.05) is 6.07 Å². The molecule has 0 unspecified atom stereocenters. The summed E-state index contributed by atoms with van der Waals surface area (Å²) in [7, 11) is -1.70. The van der Waals surface area contributed by atoms with Crippen molar-refractivity contribution < 1.29 is 19.2 Å². The Bertz CT molecular complexity index is 703. The number of halogens is 2. The van der Waals surface area contributed by atoms with Gasteiger partial charge in [-0.15, -0.1) is 0 Å². The van der Waals surface area contributed by atoms with Crippen LogP contribution in [0.3, 0.4) is 0 Å². The monoisotopic (exact) mass is 305 g/mol. The van der Waals surface area contributed by atoms with Crippen molar-refractivity contribution in [3.05, 3.63) is 58.4 Å². The second kappa shape index (κ2) is 6.59. The molecule has 7 heteroatoms. The number of hydrogen-bond donors (Lipinski definition) is 2. The van der Waals surface area contributed by atoms with Crippen LogP contribution in [-0.4, -0.2) is 17.2 Å². The van der Waals surface area contributed by atoms with Gasteiger partial charge in [-0.3, -0.25) is 0 Å². The molecule has 0 aromatic heterocycles. The lowest BCUT2D eigenvalue weighted by Gasteiger charge is -2.10. The Hall–Kier alpha value is -2.07. The van der Waals surface area contributed by atoms with Gasteiger partial charge in [0.15, 0.2) is 11.6 Å². The largest absolute Gasteiger partial charge is 0.488 e. The first kappa shape index (κ1) is 15.3. The molecule has 2 aromatic carbocycles. The van der Waals surface area contributed by atoms with Crippen LogP contribution < -0.4 is 10.2 Å². The Kier molecular flexibility index (Phi) is 4.81. The number of ether oxygens (including phenoxy) is 1. The fraction of sp³-hybridized carbons (Fsp3) is 0.0714. The van der Waals surface area contributed by atoms with Crippen LogP contribution in [0.5, 0.6) is 5.75 Å². The predicted octanol–water partition coefficient (Wildman–Crippen LogP) is 1.61. The maximum absolute atomic E-state index is 13.6. The maximum Gasteiger partial charge on any atom is 0.488 e. The van der Waals surface area contributed by atoms with Crippen LogP contribution in [0.15, 0.2) is 36.4 Å². The van der Waals surface area contributed by atoms with Gasteiger partial charge in [0.05, 0.1) is 11.6 Å². The van der Waals surface area contributed by atoms with Crippen molar-refractivity contribution in [2.45, 2.75) is 6.61 Å². The third-order valence-corrected chi connectivity index (χ3v) is 3.17. The van der Waals surface area contributed by atoms with Gasteiger partial charge in [0.25, 0.3) is 0 Å². The Balaban J connectivity index is 2.17. The predicted molar refractivity (Wildman–Crippen MR) is 76.7 cm³/mol. The highest BCUT2D eigenvalue weighted by Crippen LogP contribution is 2.21. The highest BCUT2D eigenvalue weighted by molar-refractivity contribution is 6.58. The molecular weight excluding hydrogens is 295 g/mol. The zero-order valence-electron chi connectivity index (χ0n) is 10.8. The molecule has 21 heavy (non-hydrogen) atoms. The lowest BCUT2D eigenvalue weighted by molar-refractivity contribution is 0.290. The third kappa shape index (κ3) is 3.73. The van der Waals surface area contributed by atoms with Crippen molar-refractivity contribution in [1.82, 2.24) is 0 Å². The summed E-state index contributed by atoms with van der Waals surface area (Å²) in [6.45, 7) is -0.00750. The van der Waals surface area contributed by atoms with Gasteiger partial charge in [0.1, 0.15) is 6.61 Å². The number of nitriles is 1. The molecule has 0 spiro atoms. The van der Waals surface area contributed by atoms with E-state index in [9.17, 15) is 4.39 Å².